The van der Waals surface area contributed by atoms with Gasteiger partial charge in [0.25, 0.3) is 0 Å². The summed E-state index contributed by atoms with van der Waals surface area (Å²) >= 11 is 0. The molecule has 12 nitrogen and oxygen atoms in total. The Morgan fingerprint density at radius 1 is 1.15 bits per heavy atom. The van der Waals surface area contributed by atoms with Crippen LogP contribution in [0.2, 0.25) is 0 Å². The van der Waals surface area contributed by atoms with E-state index >= 15 is 0 Å². The molecule has 3 aromatic rings. The van der Waals surface area contributed by atoms with Crippen LogP contribution < -0.4 is 10.9 Å². The number of primary sulfonamides is 1. The molecule has 0 saturated carbocycles. The number of fused-ring (bicyclic) bond motifs is 1. The third kappa shape index (κ3) is 4.25. The van der Waals surface area contributed by atoms with Gasteiger partial charge in [0.15, 0.2) is 28.3 Å². The number of sulfonamides is 1. The quantitative estimate of drug-likeness (QED) is 0.379. The van der Waals surface area contributed by atoms with Crippen molar-refractivity contribution in [3.05, 3.63) is 35.9 Å². The number of anilines is 1. The summed E-state index contributed by atoms with van der Waals surface area (Å²) in [7, 11) is -8.86. The number of nitrogens with two attached hydrogens (primary N) is 2. The number of aliphatic hydroxyl groups excluding tert-OH is 1. The molecule has 33 heavy (non-hydrogen) atoms. The molecule has 0 unspecified atom stereocenters. The number of imidazole rings is 1. The maximum atomic E-state index is 13.1. The van der Waals surface area contributed by atoms with Crippen molar-refractivity contribution >= 4 is 42.7 Å². The van der Waals surface area contributed by atoms with Gasteiger partial charge in [-0.3, -0.25) is 0 Å². The molecule has 0 saturated heterocycles. The number of H-pyrrole nitrogens is 1. The minimum absolute atomic E-state index is 0.0517. The van der Waals surface area contributed by atoms with Gasteiger partial charge in [-0.25, -0.2) is 32.0 Å². The summed E-state index contributed by atoms with van der Waals surface area (Å²) in [6.45, 7) is 1.56. The fourth-order valence-corrected chi connectivity index (χ4v) is 6.77. The minimum Gasteiger partial charge on any atom is -0.392 e. The normalized spacial score (nSPS) is 15.2. The second-order valence-electron chi connectivity index (χ2n) is 7.39. The number of sulfone groups is 1. The average molecular weight is 492 g/mol. The standard InChI is InChI=1S/C19H21N7O5S2/c1-2-10(27)8-32(28,29)14-7-6-11(12-4-3-5-13-16(12)25-19(20)24-13)15(17(14)33(21,30)31)18-22-9-23-26-18/h3-7,10,27H,2,8-9H2,1H3,(H3,20,24,25)(H2,21,30,31)/t10-/m1/s1. The minimum atomic E-state index is -4.60. The SMILES string of the molecule is CC[C@@H](O)CS(=O)(=O)c1ccc(-c2cccc3[nH]c(N)nc23)c(C2=NCN=N2)c1S(N)(=O)=O. The van der Waals surface area contributed by atoms with Crippen molar-refractivity contribution in [3.63, 3.8) is 0 Å². The summed E-state index contributed by atoms with van der Waals surface area (Å²) in [4.78, 5) is 10.1. The molecule has 2 heterocycles. The van der Waals surface area contributed by atoms with Crippen LogP contribution in [0.1, 0.15) is 18.9 Å². The number of amidine groups is 1. The zero-order chi connectivity index (χ0) is 24.0. The van der Waals surface area contributed by atoms with Crippen LogP contribution in [-0.4, -0.2) is 56.3 Å². The highest BCUT2D eigenvalue weighted by Gasteiger charge is 2.33. The number of para-hydroxylation sites is 1. The van der Waals surface area contributed by atoms with Gasteiger partial charge in [-0.15, -0.1) is 5.11 Å². The molecular weight excluding hydrogens is 470 g/mol. The third-order valence-corrected chi connectivity index (χ3v) is 8.07. The van der Waals surface area contributed by atoms with E-state index in [1.807, 2.05) is 0 Å². The summed E-state index contributed by atoms with van der Waals surface area (Å²) in [5.74, 6) is -0.608. The van der Waals surface area contributed by atoms with Crippen LogP contribution in [0.25, 0.3) is 22.2 Å². The lowest BCUT2D eigenvalue weighted by atomic mass is 9.97. The van der Waals surface area contributed by atoms with Crippen molar-refractivity contribution in [1.29, 1.82) is 0 Å². The molecule has 1 aliphatic rings. The third-order valence-electron chi connectivity index (χ3n) is 5.12. The van der Waals surface area contributed by atoms with Crippen LogP contribution in [-0.2, 0) is 19.9 Å². The molecule has 0 radical (unpaired) electrons. The Morgan fingerprint density at radius 3 is 2.55 bits per heavy atom. The molecule has 14 heteroatoms. The molecule has 2 aromatic carbocycles. The predicted octanol–water partition coefficient (Wildman–Crippen LogP) is 1.17. The van der Waals surface area contributed by atoms with Gasteiger partial charge in [-0.1, -0.05) is 25.1 Å². The summed E-state index contributed by atoms with van der Waals surface area (Å²) in [5.41, 5.74) is 7.45. The predicted molar refractivity (Wildman–Crippen MR) is 122 cm³/mol. The first-order chi connectivity index (χ1) is 15.5. The number of aliphatic imine (C=N–C) groups is 1. The molecule has 1 aromatic heterocycles. The molecule has 6 N–H and O–H groups in total. The highest BCUT2D eigenvalue weighted by atomic mass is 32.2. The Bertz CT molecular complexity index is 1530. The molecule has 0 spiro atoms. The molecular formula is C19H21N7O5S2. The van der Waals surface area contributed by atoms with E-state index in [2.05, 4.69) is 25.2 Å². The van der Waals surface area contributed by atoms with Crippen LogP contribution >= 0.6 is 0 Å². The average Bonchev–Trinajstić information content (AvgIpc) is 3.40. The number of nitrogens with one attached hydrogen (secondary N) is 1. The Kier molecular flexibility index (Phi) is 5.78. The molecule has 0 fully saturated rings. The highest BCUT2D eigenvalue weighted by molar-refractivity contribution is 7.93. The van der Waals surface area contributed by atoms with Crippen molar-refractivity contribution in [2.24, 2.45) is 20.4 Å². The number of rotatable bonds is 7. The number of aliphatic hydroxyl groups is 1. The summed E-state index contributed by atoms with van der Waals surface area (Å²) in [6.07, 6.45) is -1.02. The molecule has 0 aliphatic carbocycles. The van der Waals surface area contributed by atoms with Crippen molar-refractivity contribution in [3.8, 4) is 11.1 Å². The van der Waals surface area contributed by atoms with E-state index in [9.17, 15) is 21.9 Å². The fourth-order valence-electron chi connectivity index (χ4n) is 3.62. The maximum absolute atomic E-state index is 13.1. The molecule has 174 valence electrons. The molecule has 4 rings (SSSR count). The zero-order valence-corrected chi connectivity index (χ0v) is 19.1. The summed E-state index contributed by atoms with van der Waals surface area (Å²) in [5, 5.41) is 23.2. The van der Waals surface area contributed by atoms with Crippen LogP contribution in [0.5, 0.6) is 0 Å². The number of aromatic amines is 1. The zero-order valence-electron chi connectivity index (χ0n) is 17.4. The van der Waals surface area contributed by atoms with Gasteiger partial charge < -0.3 is 15.8 Å². The van der Waals surface area contributed by atoms with Gasteiger partial charge in [0.05, 0.1) is 33.3 Å². The number of hydrogen-bond donors (Lipinski definition) is 4. The maximum Gasteiger partial charge on any atom is 0.240 e. The van der Waals surface area contributed by atoms with Crippen LogP contribution in [0.15, 0.2) is 55.3 Å². The number of azo groups is 1. The highest BCUT2D eigenvalue weighted by Crippen LogP contribution is 2.38. The van der Waals surface area contributed by atoms with Gasteiger partial charge in [0.1, 0.15) is 4.90 Å². The first-order valence-corrected chi connectivity index (χ1v) is 13.0. The smallest absolute Gasteiger partial charge is 0.240 e. The van der Waals surface area contributed by atoms with Gasteiger partial charge in [0, 0.05) is 5.56 Å². The van der Waals surface area contributed by atoms with Crippen LogP contribution in [0.4, 0.5) is 5.95 Å². The first kappa shape index (κ1) is 23.0. The van der Waals surface area contributed by atoms with E-state index in [1.54, 1.807) is 25.1 Å². The molecule has 1 atom stereocenters. The molecule has 0 amide bonds. The van der Waals surface area contributed by atoms with Crippen molar-refractivity contribution in [1.82, 2.24) is 9.97 Å². The first-order valence-electron chi connectivity index (χ1n) is 9.80. The van der Waals surface area contributed by atoms with E-state index in [0.29, 0.717) is 16.6 Å². The monoisotopic (exact) mass is 491 g/mol. The van der Waals surface area contributed by atoms with Crippen LogP contribution in [0.3, 0.4) is 0 Å². The van der Waals surface area contributed by atoms with Gasteiger partial charge in [0.2, 0.25) is 10.0 Å². The summed E-state index contributed by atoms with van der Waals surface area (Å²) in [6, 6.07) is 7.70. The van der Waals surface area contributed by atoms with E-state index in [-0.39, 0.29) is 36.0 Å². The Morgan fingerprint density at radius 2 is 1.91 bits per heavy atom. The number of nitrogen functional groups attached to an aromatic ring is 1. The van der Waals surface area contributed by atoms with Crippen molar-refractivity contribution in [2.45, 2.75) is 29.2 Å². The fraction of sp³-hybridized carbons (Fsp3) is 0.263. The second-order valence-corrected chi connectivity index (χ2v) is 10.9. The Hall–Kier alpha value is -3.20. The van der Waals surface area contributed by atoms with Gasteiger partial charge in [-0.05, 0) is 24.1 Å². The van der Waals surface area contributed by atoms with Gasteiger partial charge >= 0.3 is 0 Å². The largest absolute Gasteiger partial charge is 0.392 e. The van der Waals surface area contributed by atoms with E-state index < -0.39 is 41.5 Å². The number of benzene rings is 2. The molecule has 1 aliphatic heterocycles. The lowest BCUT2D eigenvalue weighted by Gasteiger charge is -2.18. The topological polar surface area (TPSA) is 206 Å². The van der Waals surface area contributed by atoms with Crippen molar-refractivity contribution < 1.29 is 21.9 Å². The van der Waals surface area contributed by atoms with E-state index in [4.69, 9.17) is 10.9 Å². The van der Waals surface area contributed by atoms with E-state index in [0.717, 1.165) is 6.07 Å². The number of hydrogen-bond acceptors (Lipinski definition) is 10. The lowest BCUT2D eigenvalue weighted by Crippen LogP contribution is -2.25. The number of aromatic nitrogens is 2. The Balaban J connectivity index is 2.11. The number of nitrogens with zero attached hydrogens (tertiary/aromatic N) is 4. The van der Waals surface area contributed by atoms with Crippen LogP contribution in [0, 0.1) is 0 Å². The van der Waals surface area contributed by atoms with E-state index in [1.165, 1.54) is 6.07 Å². The lowest BCUT2D eigenvalue weighted by molar-refractivity contribution is 0.193. The Labute approximate surface area is 189 Å². The van der Waals surface area contributed by atoms with Crippen molar-refractivity contribution in [2.75, 3.05) is 18.2 Å². The second kappa shape index (κ2) is 8.30. The molecule has 0 bridgehead atoms. The van der Waals surface area contributed by atoms with Gasteiger partial charge in [-0.2, -0.15) is 5.11 Å². The summed E-state index contributed by atoms with van der Waals surface area (Å²) < 4.78 is 51.7.